The molecule has 4 rings (SSSR count). The summed E-state index contributed by atoms with van der Waals surface area (Å²) in [7, 11) is 0. The summed E-state index contributed by atoms with van der Waals surface area (Å²) in [5, 5.41) is 13.1. The van der Waals surface area contributed by atoms with Crippen LogP contribution < -0.4 is 10.1 Å². The molecule has 156 valence electrons. The van der Waals surface area contributed by atoms with E-state index in [4.69, 9.17) is 4.74 Å². The molecule has 1 aliphatic heterocycles. The maximum Gasteiger partial charge on any atom is 0.279 e. The van der Waals surface area contributed by atoms with Crippen molar-refractivity contribution in [2.75, 3.05) is 25.0 Å². The Morgan fingerprint density at radius 1 is 1.10 bits per heavy atom. The smallest absolute Gasteiger partial charge is 0.279 e. The molecule has 0 unspecified atom stereocenters. The second-order valence-electron chi connectivity index (χ2n) is 7.43. The lowest BCUT2D eigenvalue weighted by Crippen LogP contribution is -2.29. The summed E-state index contributed by atoms with van der Waals surface area (Å²) in [6.07, 6.45) is 3.61. The van der Waals surface area contributed by atoms with Crippen LogP contribution in [0.15, 0.2) is 42.5 Å². The fraction of sp³-hybridized carbons (Fsp3) is 0.348. The van der Waals surface area contributed by atoms with E-state index in [0.29, 0.717) is 29.9 Å². The number of likely N-dealkylation sites (tertiary alicyclic amines) is 1. The molecule has 0 spiro atoms. The third-order valence-corrected chi connectivity index (χ3v) is 5.21. The minimum Gasteiger partial charge on any atom is -0.508 e. The Kier molecular flexibility index (Phi) is 6.09. The molecule has 0 saturated carbocycles. The summed E-state index contributed by atoms with van der Waals surface area (Å²) in [5.41, 5.74) is 2.83. The standard InChI is InChI=1S/C23H26N4O3/c1-2-30-23-21(25-18-8-4-5-9-19(18)26-23)22(29)24-17-10-11-20(28)16(14-17)15-27-12-6-3-7-13-27/h4-5,8-11,14,28H,2-3,6-7,12-13,15H2,1H3,(H,24,29). The lowest BCUT2D eigenvalue weighted by atomic mass is 10.1. The van der Waals surface area contributed by atoms with Gasteiger partial charge in [-0.25, -0.2) is 9.97 Å². The number of phenols is 1. The van der Waals surface area contributed by atoms with Gasteiger partial charge < -0.3 is 15.2 Å². The Balaban J connectivity index is 1.57. The lowest BCUT2D eigenvalue weighted by Gasteiger charge is -2.26. The van der Waals surface area contributed by atoms with Crippen LogP contribution in [0.25, 0.3) is 11.0 Å². The zero-order valence-corrected chi connectivity index (χ0v) is 17.1. The number of nitrogens with zero attached hydrogens (tertiary/aromatic N) is 3. The number of piperidine rings is 1. The molecule has 1 aliphatic rings. The van der Waals surface area contributed by atoms with E-state index in [9.17, 15) is 9.90 Å². The molecule has 7 heteroatoms. The highest BCUT2D eigenvalue weighted by Gasteiger charge is 2.19. The van der Waals surface area contributed by atoms with Crippen molar-refractivity contribution in [1.29, 1.82) is 0 Å². The number of hydrogen-bond acceptors (Lipinski definition) is 6. The van der Waals surface area contributed by atoms with Crippen LogP contribution in [0.2, 0.25) is 0 Å². The lowest BCUT2D eigenvalue weighted by molar-refractivity contribution is 0.101. The average Bonchev–Trinajstić information content (AvgIpc) is 2.76. The first-order valence-electron chi connectivity index (χ1n) is 10.4. The molecule has 30 heavy (non-hydrogen) atoms. The summed E-state index contributed by atoms with van der Waals surface area (Å²) < 4.78 is 5.57. The summed E-state index contributed by atoms with van der Waals surface area (Å²) in [6, 6.07) is 12.5. The van der Waals surface area contributed by atoms with Crippen molar-refractivity contribution in [2.24, 2.45) is 0 Å². The SMILES string of the molecule is CCOc1nc2ccccc2nc1C(=O)Nc1ccc(O)c(CN2CCCCC2)c1. The molecule has 0 radical (unpaired) electrons. The predicted molar refractivity (Wildman–Crippen MR) is 116 cm³/mol. The third kappa shape index (κ3) is 4.52. The van der Waals surface area contributed by atoms with Crippen LogP contribution in [0.3, 0.4) is 0 Å². The van der Waals surface area contributed by atoms with E-state index < -0.39 is 5.91 Å². The van der Waals surface area contributed by atoms with E-state index >= 15 is 0 Å². The Bertz CT molecular complexity index is 1050. The number of carbonyl (C=O) groups excluding carboxylic acids is 1. The summed E-state index contributed by atoms with van der Waals surface area (Å²) in [5.74, 6) is 0.0476. The van der Waals surface area contributed by atoms with Crippen LogP contribution in [-0.4, -0.2) is 45.6 Å². The first-order chi connectivity index (χ1) is 14.6. The fourth-order valence-corrected chi connectivity index (χ4v) is 3.71. The van der Waals surface area contributed by atoms with Crippen molar-refractivity contribution in [3.8, 4) is 11.6 Å². The van der Waals surface area contributed by atoms with Gasteiger partial charge in [-0.2, -0.15) is 0 Å². The highest BCUT2D eigenvalue weighted by Crippen LogP contribution is 2.26. The van der Waals surface area contributed by atoms with Crippen LogP contribution >= 0.6 is 0 Å². The molecule has 2 N–H and O–H groups in total. The van der Waals surface area contributed by atoms with Crippen molar-refractivity contribution < 1.29 is 14.6 Å². The Labute approximate surface area is 175 Å². The number of para-hydroxylation sites is 2. The highest BCUT2D eigenvalue weighted by atomic mass is 16.5. The molecule has 1 amide bonds. The number of anilines is 1. The fourth-order valence-electron chi connectivity index (χ4n) is 3.71. The van der Waals surface area contributed by atoms with E-state index in [2.05, 4.69) is 20.2 Å². The van der Waals surface area contributed by atoms with E-state index in [1.54, 1.807) is 12.1 Å². The Morgan fingerprint density at radius 3 is 2.57 bits per heavy atom. The normalized spacial score (nSPS) is 14.6. The molecule has 1 aromatic heterocycles. The Morgan fingerprint density at radius 2 is 1.83 bits per heavy atom. The number of ether oxygens (including phenoxy) is 1. The molecule has 0 atom stereocenters. The van der Waals surface area contributed by atoms with Gasteiger partial charge in [0.1, 0.15) is 5.75 Å². The van der Waals surface area contributed by atoms with Gasteiger partial charge in [-0.1, -0.05) is 18.6 Å². The van der Waals surface area contributed by atoms with Crippen molar-refractivity contribution in [2.45, 2.75) is 32.7 Å². The zero-order valence-electron chi connectivity index (χ0n) is 17.1. The average molecular weight is 406 g/mol. The minimum absolute atomic E-state index is 0.140. The van der Waals surface area contributed by atoms with Gasteiger partial charge >= 0.3 is 0 Å². The number of aromatic hydroxyl groups is 1. The maximum atomic E-state index is 13.0. The first-order valence-corrected chi connectivity index (χ1v) is 10.4. The summed E-state index contributed by atoms with van der Waals surface area (Å²) in [4.78, 5) is 24.2. The quantitative estimate of drug-likeness (QED) is 0.602. The zero-order chi connectivity index (χ0) is 20.9. The van der Waals surface area contributed by atoms with E-state index in [1.807, 2.05) is 37.3 Å². The van der Waals surface area contributed by atoms with Gasteiger partial charge in [0.05, 0.1) is 17.6 Å². The molecule has 1 saturated heterocycles. The van der Waals surface area contributed by atoms with Gasteiger partial charge in [0.15, 0.2) is 5.69 Å². The molecule has 0 bridgehead atoms. The van der Waals surface area contributed by atoms with Gasteiger partial charge in [-0.3, -0.25) is 9.69 Å². The third-order valence-electron chi connectivity index (χ3n) is 5.21. The number of nitrogens with one attached hydrogen (secondary N) is 1. The Hall–Kier alpha value is -3.19. The molecule has 1 fully saturated rings. The van der Waals surface area contributed by atoms with Crippen molar-refractivity contribution >= 4 is 22.6 Å². The van der Waals surface area contributed by atoms with Gasteiger partial charge in [-0.15, -0.1) is 0 Å². The summed E-state index contributed by atoms with van der Waals surface area (Å²) in [6.45, 7) is 4.94. The minimum atomic E-state index is -0.397. The van der Waals surface area contributed by atoms with E-state index in [-0.39, 0.29) is 17.3 Å². The first kappa shape index (κ1) is 20.1. The van der Waals surface area contributed by atoms with E-state index in [1.165, 1.54) is 19.3 Å². The topological polar surface area (TPSA) is 87.6 Å². The summed E-state index contributed by atoms with van der Waals surface area (Å²) >= 11 is 0. The van der Waals surface area contributed by atoms with Crippen LogP contribution in [0.4, 0.5) is 5.69 Å². The highest BCUT2D eigenvalue weighted by molar-refractivity contribution is 6.05. The second kappa shape index (κ2) is 9.09. The number of fused-ring (bicyclic) bond motifs is 1. The molecule has 2 aromatic carbocycles. The van der Waals surface area contributed by atoms with Crippen LogP contribution in [0.5, 0.6) is 11.6 Å². The largest absolute Gasteiger partial charge is 0.508 e. The number of rotatable bonds is 6. The van der Waals surface area contributed by atoms with Gasteiger partial charge in [0, 0.05) is 17.8 Å². The number of phenolic OH excluding ortho intramolecular Hbond substituents is 1. The maximum absolute atomic E-state index is 13.0. The molecule has 3 aromatic rings. The second-order valence-corrected chi connectivity index (χ2v) is 7.43. The number of amides is 1. The van der Waals surface area contributed by atoms with E-state index in [0.717, 1.165) is 18.7 Å². The molecular formula is C23H26N4O3. The number of carbonyl (C=O) groups is 1. The number of aromatic nitrogens is 2. The van der Waals surface area contributed by atoms with Gasteiger partial charge in [0.25, 0.3) is 5.91 Å². The van der Waals surface area contributed by atoms with Crippen molar-refractivity contribution in [3.63, 3.8) is 0 Å². The van der Waals surface area contributed by atoms with Crippen molar-refractivity contribution in [3.05, 3.63) is 53.7 Å². The monoisotopic (exact) mass is 406 g/mol. The predicted octanol–water partition coefficient (Wildman–Crippen LogP) is 3.97. The number of benzene rings is 2. The molecule has 2 heterocycles. The van der Waals surface area contributed by atoms with Gasteiger partial charge in [-0.05, 0) is 63.2 Å². The number of hydrogen-bond donors (Lipinski definition) is 2. The van der Waals surface area contributed by atoms with Crippen LogP contribution in [0, 0.1) is 0 Å². The molecular weight excluding hydrogens is 380 g/mol. The molecule has 0 aliphatic carbocycles. The van der Waals surface area contributed by atoms with Gasteiger partial charge in [0.2, 0.25) is 5.88 Å². The van der Waals surface area contributed by atoms with Crippen molar-refractivity contribution in [1.82, 2.24) is 14.9 Å². The molecule has 7 nitrogen and oxygen atoms in total. The van der Waals surface area contributed by atoms with Crippen LogP contribution in [0.1, 0.15) is 42.2 Å². The van der Waals surface area contributed by atoms with Crippen LogP contribution in [-0.2, 0) is 6.54 Å².